The lowest BCUT2D eigenvalue weighted by Crippen LogP contribution is -2.18. The molecule has 0 saturated carbocycles. The average Bonchev–Trinajstić information content (AvgIpc) is 2.49. The molecule has 0 bridgehead atoms. The van der Waals surface area contributed by atoms with E-state index in [2.05, 4.69) is 90.7 Å². The summed E-state index contributed by atoms with van der Waals surface area (Å²) in [5, 5.41) is 0. The van der Waals surface area contributed by atoms with E-state index in [1.165, 1.54) is 11.1 Å². The van der Waals surface area contributed by atoms with Gasteiger partial charge >= 0.3 is 6.47 Å². The predicted molar refractivity (Wildman–Crippen MR) is 78.0 cm³/mol. The number of rotatable bonds is 3. The zero-order valence-corrected chi connectivity index (χ0v) is 11.8. The summed E-state index contributed by atoms with van der Waals surface area (Å²) in [5.41, 5.74) is 2.80. The molecule has 2 aromatic carbocycles. The third-order valence-corrected chi connectivity index (χ3v) is 3.10. The second-order valence-corrected chi connectivity index (χ2v) is 4.72. The van der Waals surface area contributed by atoms with Crippen LogP contribution in [0.5, 0.6) is 0 Å². The minimum atomic E-state index is 0.0858. The lowest BCUT2D eigenvalue weighted by Gasteiger charge is -2.25. The van der Waals surface area contributed by atoms with E-state index in [0.29, 0.717) is 0 Å². The standard InChI is InChI=1S/C15H16.CHClO2/c1-15(2,13-9-5-3-6-10-13)14-11-7-4-8-12-14;2-4-1-3/h3-12H,1-2H3;1H. The number of hydrogen-bond acceptors (Lipinski definition) is 2. The van der Waals surface area contributed by atoms with E-state index in [0.717, 1.165) is 0 Å². The molecule has 0 heterocycles. The Balaban J connectivity index is 0.000000399. The van der Waals surface area contributed by atoms with E-state index in [1.54, 1.807) is 0 Å². The molecule has 0 N–H and O–H groups in total. The van der Waals surface area contributed by atoms with Crippen molar-refractivity contribution in [3.05, 3.63) is 71.8 Å². The highest BCUT2D eigenvalue weighted by atomic mass is 35.5. The smallest absolute Gasteiger partial charge is 0.312 e. The fourth-order valence-electron chi connectivity index (χ4n) is 1.88. The first-order valence-corrected chi connectivity index (χ1v) is 6.26. The van der Waals surface area contributed by atoms with Crippen molar-refractivity contribution in [1.29, 1.82) is 0 Å². The molecule has 2 aromatic rings. The number of hydrogen-bond donors (Lipinski definition) is 0. The van der Waals surface area contributed by atoms with Crippen LogP contribution in [-0.2, 0) is 14.5 Å². The van der Waals surface area contributed by atoms with Crippen molar-refractivity contribution in [1.82, 2.24) is 0 Å². The van der Waals surface area contributed by atoms with E-state index in [-0.39, 0.29) is 11.9 Å². The Kier molecular flexibility index (Phi) is 6.10. The molecule has 0 amide bonds. The molecular weight excluding hydrogens is 260 g/mol. The highest BCUT2D eigenvalue weighted by Crippen LogP contribution is 2.30. The van der Waals surface area contributed by atoms with Crippen LogP contribution in [0.3, 0.4) is 0 Å². The van der Waals surface area contributed by atoms with Crippen LogP contribution in [0.25, 0.3) is 0 Å². The van der Waals surface area contributed by atoms with E-state index in [1.807, 2.05) is 0 Å². The second-order valence-electron chi connectivity index (χ2n) is 4.54. The minimum absolute atomic E-state index is 0.0858. The van der Waals surface area contributed by atoms with Gasteiger partial charge in [0.1, 0.15) is 11.9 Å². The van der Waals surface area contributed by atoms with Gasteiger partial charge in [-0.2, -0.15) is 0 Å². The maximum atomic E-state index is 8.82. The summed E-state index contributed by atoms with van der Waals surface area (Å²) in [6, 6.07) is 21.3. The molecule has 19 heavy (non-hydrogen) atoms. The molecule has 0 aliphatic carbocycles. The Labute approximate surface area is 119 Å². The van der Waals surface area contributed by atoms with Gasteiger partial charge in [0.05, 0.1) is 0 Å². The van der Waals surface area contributed by atoms with Crippen LogP contribution in [0.15, 0.2) is 60.7 Å². The van der Waals surface area contributed by atoms with Gasteiger partial charge in [-0.3, -0.25) is 4.79 Å². The molecule has 0 saturated heterocycles. The Morgan fingerprint density at radius 3 is 1.47 bits per heavy atom. The Morgan fingerprint density at radius 1 is 0.895 bits per heavy atom. The van der Waals surface area contributed by atoms with Gasteiger partial charge in [0.25, 0.3) is 0 Å². The normalized spacial score (nSPS) is 10.1. The van der Waals surface area contributed by atoms with Crippen molar-refractivity contribution >= 4 is 18.3 Å². The Hall–Kier alpha value is -1.80. The molecular formula is C16H17ClO2. The zero-order chi connectivity index (χ0) is 14.1. The Morgan fingerprint density at radius 2 is 1.21 bits per heavy atom. The predicted octanol–water partition coefficient (Wildman–Crippen LogP) is 4.33. The maximum Gasteiger partial charge on any atom is 0.312 e. The summed E-state index contributed by atoms with van der Waals surface area (Å²) in [5.74, 6) is 0. The van der Waals surface area contributed by atoms with Crippen molar-refractivity contribution in [2.24, 2.45) is 0 Å². The molecule has 0 radical (unpaired) electrons. The molecule has 0 fully saturated rings. The van der Waals surface area contributed by atoms with Crippen LogP contribution in [-0.4, -0.2) is 6.47 Å². The van der Waals surface area contributed by atoms with Gasteiger partial charge in [0.15, 0.2) is 0 Å². The van der Waals surface area contributed by atoms with E-state index >= 15 is 0 Å². The van der Waals surface area contributed by atoms with Crippen molar-refractivity contribution in [3.63, 3.8) is 0 Å². The highest BCUT2D eigenvalue weighted by Gasteiger charge is 2.21. The summed E-state index contributed by atoms with van der Waals surface area (Å²) in [6.45, 7) is 4.66. The molecule has 0 unspecified atom stereocenters. The van der Waals surface area contributed by atoms with Gasteiger partial charge in [0.2, 0.25) is 0 Å². The molecule has 2 rings (SSSR count). The number of halogens is 1. The molecule has 0 atom stereocenters. The van der Waals surface area contributed by atoms with Gasteiger partial charge in [0, 0.05) is 5.41 Å². The Bertz CT molecular complexity index is 439. The summed E-state index contributed by atoms with van der Waals surface area (Å²) in [4.78, 5) is 8.82. The lowest BCUT2D eigenvalue weighted by atomic mass is 9.78. The molecule has 0 aliphatic heterocycles. The van der Waals surface area contributed by atoms with Crippen molar-refractivity contribution in [3.8, 4) is 0 Å². The summed E-state index contributed by atoms with van der Waals surface area (Å²) in [7, 11) is 0. The molecule has 3 heteroatoms. The third-order valence-electron chi connectivity index (χ3n) is 3.03. The lowest BCUT2D eigenvalue weighted by molar-refractivity contribution is -0.120. The average molecular weight is 277 g/mol. The number of carbonyl (C=O) groups excluding carboxylic acids is 1. The molecule has 0 aliphatic rings. The van der Waals surface area contributed by atoms with Crippen LogP contribution in [0, 0.1) is 0 Å². The topological polar surface area (TPSA) is 26.3 Å². The summed E-state index contributed by atoms with van der Waals surface area (Å²) < 4.78 is 3.33. The van der Waals surface area contributed by atoms with E-state index in [4.69, 9.17) is 4.79 Å². The highest BCUT2D eigenvalue weighted by molar-refractivity contribution is 6.10. The fraction of sp³-hybridized carbons (Fsp3) is 0.188. The van der Waals surface area contributed by atoms with Gasteiger partial charge < -0.3 is 4.29 Å². The monoisotopic (exact) mass is 276 g/mol. The molecule has 0 spiro atoms. The second kappa shape index (κ2) is 7.59. The molecule has 100 valence electrons. The van der Waals surface area contributed by atoms with Gasteiger partial charge in [-0.1, -0.05) is 74.5 Å². The SMILES string of the molecule is CC(C)(c1ccccc1)c1ccccc1.O=COCl. The number of carbonyl (C=O) groups is 1. The first-order valence-electron chi connectivity index (χ1n) is 5.95. The molecule has 2 nitrogen and oxygen atoms in total. The third kappa shape index (κ3) is 4.42. The van der Waals surface area contributed by atoms with Crippen molar-refractivity contribution in [2.45, 2.75) is 19.3 Å². The summed E-state index contributed by atoms with van der Waals surface area (Å²) >= 11 is 4.32. The van der Waals surface area contributed by atoms with Crippen LogP contribution < -0.4 is 0 Å². The van der Waals surface area contributed by atoms with Crippen LogP contribution in [0.4, 0.5) is 0 Å². The van der Waals surface area contributed by atoms with Crippen LogP contribution in [0.1, 0.15) is 25.0 Å². The van der Waals surface area contributed by atoms with Gasteiger partial charge in [-0.25, -0.2) is 0 Å². The van der Waals surface area contributed by atoms with E-state index < -0.39 is 0 Å². The van der Waals surface area contributed by atoms with Crippen molar-refractivity contribution < 1.29 is 9.08 Å². The van der Waals surface area contributed by atoms with Gasteiger partial charge in [-0.05, 0) is 11.1 Å². The van der Waals surface area contributed by atoms with Crippen LogP contribution >= 0.6 is 11.9 Å². The number of benzene rings is 2. The van der Waals surface area contributed by atoms with Gasteiger partial charge in [-0.15, -0.1) is 0 Å². The minimum Gasteiger partial charge on any atom is -0.350 e. The molecule has 0 aromatic heterocycles. The summed E-state index contributed by atoms with van der Waals surface area (Å²) in [6.07, 6.45) is 0. The fourth-order valence-corrected chi connectivity index (χ4v) is 1.88. The largest absolute Gasteiger partial charge is 0.350 e. The van der Waals surface area contributed by atoms with Crippen molar-refractivity contribution in [2.75, 3.05) is 0 Å². The maximum absolute atomic E-state index is 8.82. The van der Waals surface area contributed by atoms with Crippen LogP contribution in [0.2, 0.25) is 0 Å². The first-order chi connectivity index (χ1) is 9.12. The first kappa shape index (κ1) is 15.3. The quantitative estimate of drug-likeness (QED) is 0.780. The van der Waals surface area contributed by atoms with E-state index in [9.17, 15) is 0 Å². The zero-order valence-electron chi connectivity index (χ0n) is 11.0.